The Labute approximate surface area is 127 Å². The molecule has 0 radical (unpaired) electrons. The summed E-state index contributed by atoms with van der Waals surface area (Å²) in [5.41, 5.74) is 0.0270. The van der Waals surface area contributed by atoms with Gasteiger partial charge < -0.3 is 15.5 Å². The van der Waals surface area contributed by atoms with Crippen LogP contribution in [0.3, 0.4) is 0 Å². The van der Waals surface area contributed by atoms with Gasteiger partial charge >= 0.3 is 0 Å². The zero-order valence-corrected chi connectivity index (χ0v) is 12.4. The van der Waals surface area contributed by atoms with Crippen molar-refractivity contribution >= 4 is 17.5 Å². The number of hydrogen-bond acceptors (Lipinski definition) is 3. The van der Waals surface area contributed by atoms with E-state index in [1.54, 1.807) is 0 Å². The first-order chi connectivity index (χ1) is 10.5. The van der Waals surface area contributed by atoms with Crippen molar-refractivity contribution in [2.45, 2.75) is 25.3 Å². The van der Waals surface area contributed by atoms with Crippen molar-refractivity contribution in [2.75, 3.05) is 25.5 Å². The highest BCUT2D eigenvalue weighted by atomic mass is 19.1. The lowest BCUT2D eigenvalue weighted by Gasteiger charge is -2.27. The summed E-state index contributed by atoms with van der Waals surface area (Å²) in [7, 11) is 1.53. The number of anilines is 1. The Balaban J connectivity index is 1.89. The molecule has 0 aliphatic carbocycles. The summed E-state index contributed by atoms with van der Waals surface area (Å²) >= 11 is 0. The van der Waals surface area contributed by atoms with Crippen LogP contribution in [0.25, 0.3) is 0 Å². The van der Waals surface area contributed by atoms with Crippen LogP contribution in [0.15, 0.2) is 18.2 Å². The van der Waals surface area contributed by atoms with Crippen molar-refractivity contribution in [3.63, 3.8) is 0 Å². The molecule has 1 aliphatic heterocycles. The highest BCUT2D eigenvalue weighted by Crippen LogP contribution is 2.13. The average molecular weight is 311 g/mol. The molecule has 5 nitrogen and oxygen atoms in total. The van der Waals surface area contributed by atoms with Gasteiger partial charge in [-0.15, -0.1) is 0 Å². The van der Waals surface area contributed by atoms with E-state index < -0.39 is 17.5 Å². The van der Waals surface area contributed by atoms with Gasteiger partial charge in [0.05, 0.1) is 12.6 Å². The van der Waals surface area contributed by atoms with E-state index in [0.29, 0.717) is 0 Å². The summed E-state index contributed by atoms with van der Waals surface area (Å²) in [6.07, 6.45) is 2.77. The molecule has 1 unspecified atom stereocenters. The van der Waals surface area contributed by atoms with Gasteiger partial charge in [-0.25, -0.2) is 8.78 Å². The SMILES string of the molecule is CN(CC(=O)Nc1cc(F)cc(F)c1)C(=O)C1CCCCN1. The molecule has 1 heterocycles. The molecule has 0 aromatic heterocycles. The second-order valence-electron chi connectivity index (χ2n) is 5.40. The number of piperidine rings is 1. The fraction of sp³-hybridized carbons (Fsp3) is 0.467. The maximum atomic E-state index is 13.0. The Hall–Kier alpha value is -2.02. The van der Waals surface area contributed by atoms with Crippen LogP contribution in [0, 0.1) is 11.6 Å². The molecule has 22 heavy (non-hydrogen) atoms. The Kier molecular flexibility index (Phi) is 5.43. The van der Waals surface area contributed by atoms with Crippen molar-refractivity contribution in [1.29, 1.82) is 0 Å². The molecule has 1 aromatic carbocycles. The van der Waals surface area contributed by atoms with Gasteiger partial charge in [0, 0.05) is 18.8 Å². The minimum absolute atomic E-state index is 0.0270. The first-order valence-corrected chi connectivity index (χ1v) is 7.20. The predicted molar refractivity (Wildman–Crippen MR) is 78.3 cm³/mol. The second kappa shape index (κ2) is 7.31. The van der Waals surface area contributed by atoms with Gasteiger partial charge in [-0.05, 0) is 31.5 Å². The van der Waals surface area contributed by atoms with E-state index in [1.807, 2.05) is 0 Å². The number of carbonyl (C=O) groups excluding carboxylic acids is 2. The Morgan fingerprint density at radius 1 is 1.27 bits per heavy atom. The highest BCUT2D eigenvalue weighted by Gasteiger charge is 2.24. The molecule has 2 rings (SSSR count). The molecule has 2 N–H and O–H groups in total. The minimum Gasteiger partial charge on any atom is -0.335 e. The van der Waals surface area contributed by atoms with Crippen LogP contribution < -0.4 is 10.6 Å². The monoisotopic (exact) mass is 311 g/mol. The molecule has 2 amide bonds. The summed E-state index contributed by atoms with van der Waals surface area (Å²) < 4.78 is 26.1. The topological polar surface area (TPSA) is 61.4 Å². The van der Waals surface area contributed by atoms with Crippen LogP contribution in [0.5, 0.6) is 0 Å². The summed E-state index contributed by atoms with van der Waals surface area (Å²) in [6.45, 7) is 0.619. The van der Waals surface area contributed by atoms with Crippen molar-refractivity contribution < 1.29 is 18.4 Å². The third kappa shape index (κ3) is 4.49. The quantitative estimate of drug-likeness (QED) is 0.886. The molecule has 1 aliphatic rings. The summed E-state index contributed by atoms with van der Waals surface area (Å²) in [4.78, 5) is 25.3. The summed E-state index contributed by atoms with van der Waals surface area (Å²) in [5.74, 6) is -2.20. The van der Waals surface area contributed by atoms with Gasteiger partial charge in [0.15, 0.2) is 0 Å². The summed E-state index contributed by atoms with van der Waals surface area (Å²) in [6, 6.07) is 2.50. The van der Waals surface area contributed by atoms with E-state index in [4.69, 9.17) is 0 Å². The number of hydrogen-bond donors (Lipinski definition) is 2. The van der Waals surface area contributed by atoms with Crippen LogP contribution >= 0.6 is 0 Å². The molecule has 7 heteroatoms. The van der Waals surface area contributed by atoms with Crippen molar-refractivity contribution in [2.24, 2.45) is 0 Å². The van der Waals surface area contributed by atoms with E-state index in [-0.39, 0.29) is 24.2 Å². The van der Waals surface area contributed by atoms with Gasteiger partial charge in [0.25, 0.3) is 0 Å². The van der Waals surface area contributed by atoms with Crippen LogP contribution in [0.1, 0.15) is 19.3 Å². The van der Waals surface area contributed by atoms with Crippen LogP contribution in [-0.4, -0.2) is 42.9 Å². The number of nitrogens with zero attached hydrogens (tertiary/aromatic N) is 1. The Bertz CT molecular complexity index is 539. The maximum absolute atomic E-state index is 13.0. The molecule has 1 atom stereocenters. The molecule has 1 fully saturated rings. The van der Waals surface area contributed by atoms with E-state index in [0.717, 1.165) is 44.0 Å². The predicted octanol–water partition coefficient (Wildman–Crippen LogP) is 1.50. The summed E-state index contributed by atoms with van der Waals surface area (Å²) in [5, 5.41) is 5.49. The highest BCUT2D eigenvalue weighted by molar-refractivity contribution is 5.95. The van der Waals surface area contributed by atoms with Gasteiger partial charge in [0.2, 0.25) is 11.8 Å². The zero-order chi connectivity index (χ0) is 16.1. The number of amides is 2. The number of nitrogens with one attached hydrogen (secondary N) is 2. The third-order valence-electron chi connectivity index (χ3n) is 3.51. The largest absolute Gasteiger partial charge is 0.335 e. The number of rotatable bonds is 4. The van der Waals surface area contributed by atoms with Gasteiger partial charge in [-0.1, -0.05) is 6.42 Å². The van der Waals surface area contributed by atoms with Gasteiger partial charge in [-0.2, -0.15) is 0 Å². The molecule has 1 aromatic rings. The normalized spacial score (nSPS) is 17.9. The molecule has 120 valence electrons. The van der Waals surface area contributed by atoms with E-state index in [1.165, 1.54) is 11.9 Å². The van der Waals surface area contributed by atoms with Crippen LogP contribution in [0.2, 0.25) is 0 Å². The third-order valence-corrected chi connectivity index (χ3v) is 3.51. The fourth-order valence-corrected chi connectivity index (χ4v) is 2.45. The lowest BCUT2D eigenvalue weighted by molar-refractivity contribution is -0.135. The second-order valence-corrected chi connectivity index (χ2v) is 5.40. The Morgan fingerprint density at radius 3 is 2.55 bits per heavy atom. The number of halogens is 2. The zero-order valence-electron chi connectivity index (χ0n) is 12.4. The number of carbonyl (C=O) groups is 2. The van der Waals surface area contributed by atoms with Gasteiger partial charge in [-0.3, -0.25) is 9.59 Å². The molecule has 0 bridgehead atoms. The van der Waals surface area contributed by atoms with E-state index >= 15 is 0 Å². The maximum Gasteiger partial charge on any atom is 0.243 e. The van der Waals surface area contributed by atoms with Gasteiger partial charge in [0.1, 0.15) is 11.6 Å². The average Bonchev–Trinajstić information content (AvgIpc) is 2.46. The van der Waals surface area contributed by atoms with Crippen molar-refractivity contribution in [3.05, 3.63) is 29.8 Å². The lowest BCUT2D eigenvalue weighted by atomic mass is 10.0. The van der Waals surface area contributed by atoms with Crippen LogP contribution in [-0.2, 0) is 9.59 Å². The fourth-order valence-electron chi connectivity index (χ4n) is 2.45. The first-order valence-electron chi connectivity index (χ1n) is 7.20. The standard InChI is InChI=1S/C15H19F2N3O2/c1-20(15(22)13-4-2-3-5-18-13)9-14(21)19-12-7-10(16)6-11(17)8-12/h6-8,13,18H,2-5,9H2,1H3,(H,19,21). The van der Waals surface area contributed by atoms with E-state index in [2.05, 4.69) is 10.6 Å². The molecular weight excluding hydrogens is 292 g/mol. The lowest BCUT2D eigenvalue weighted by Crippen LogP contribution is -2.49. The molecule has 0 saturated carbocycles. The molecule has 1 saturated heterocycles. The number of benzene rings is 1. The van der Waals surface area contributed by atoms with Crippen molar-refractivity contribution in [1.82, 2.24) is 10.2 Å². The minimum atomic E-state index is -0.772. The molecular formula is C15H19F2N3O2. The van der Waals surface area contributed by atoms with Crippen molar-refractivity contribution in [3.8, 4) is 0 Å². The molecule has 0 spiro atoms. The number of likely N-dealkylation sites (N-methyl/N-ethyl adjacent to an activating group) is 1. The van der Waals surface area contributed by atoms with E-state index in [9.17, 15) is 18.4 Å². The smallest absolute Gasteiger partial charge is 0.243 e. The first kappa shape index (κ1) is 16.4. The Morgan fingerprint density at radius 2 is 1.95 bits per heavy atom. The van der Waals surface area contributed by atoms with Crippen LogP contribution in [0.4, 0.5) is 14.5 Å².